The van der Waals surface area contributed by atoms with Crippen molar-refractivity contribution in [3.8, 4) is 0 Å². The molecule has 0 saturated carbocycles. The van der Waals surface area contributed by atoms with Crippen molar-refractivity contribution in [2.24, 2.45) is 16.7 Å². The molecule has 30 heavy (non-hydrogen) atoms. The van der Waals surface area contributed by atoms with E-state index in [9.17, 15) is 9.59 Å². The minimum absolute atomic E-state index is 0.00987. The van der Waals surface area contributed by atoms with Gasteiger partial charge in [0.2, 0.25) is 0 Å². The molecule has 1 rings (SSSR count). The highest BCUT2D eigenvalue weighted by Gasteiger charge is 2.43. The number of Topliss-reactive ketones (excluding diaryl/α,β-unsaturated/α-hetero) is 2. The predicted molar refractivity (Wildman–Crippen MR) is 131 cm³/mol. The van der Waals surface area contributed by atoms with Gasteiger partial charge in [-0.05, 0) is 6.42 Å². The lowest BCUT2D eigenvalue weighted by atomic mass is 9.71. The van der Waals surface area contributed by atoms with Crippen molar-refractivity contribution in [3.05, 3.63) is 35.9 Å². The van der Waals surface area contributed by atoms with E-state index in [0.29, 0.717) is 4.99 Å². The normalized spacial score (nSPS) is 13.2. The maximum atomic E-state index is 13.4. The Labute approximate surface area is 189 Å². The smallest absolute Gasteiger partial charge is 0.150 e. The molecule has 4 heteroatoms. The Bertz CT molecular complexity index is 672. The second kappa shape index (κ2) is 11.7. The Kier molecular flexibility index (Phi) is 10.4. The zero-order chi connectivity index (χ0) is 22.9. The van der Waals surface area contributed by atoms with E-state index in [1.165, 1.54) is 19.3 Å². The van der Waals surface area contributed by atoms with Crippen LogP contribution in [0.15, 0.2) is 30.3 Å². The zero-order valence-electron chi connectivity index (χ0n) is 20.0. The van der Waals surface area contributed by atoms with Crippen molar-refractivity contribution >= 4 is 28.8 Å². The van der Waals surface area contributed by atoms with E-state index >= 15 is 0 Å². The lowest BCUT2D eigenvalue weighted by Gasteiger charge is -2.35. The second-order valence-corrected chi connectivity index (χ2v) is 10.8. The Morgan fingerprint density at radius 2 is 1.37 bits per heavy atom. The van der Waals surface area contributed by atoms with Crippen LogP contribution in [0.3, 0.4) is 0 Å². The fourth-order valence-corrected chi connectivity index (χ4v) is 3.84. The first-order valence-corrected chi connectivity index (χ1v) is 11.7. The van der Waals surface area contributed by atoms with Crippen LogP contribution in [0.4, 0.5) is 0 Å². The molecule has 0 aliphatic carbocycles. The van der Waals surface area contributed by atoms with Gasteiger partial charge in [-0.25, -0.2) is 0 Å². The van der Waals surface area contributed by atoms with Crippen LogP contribution < -0.4 is 5.32 Å². The Morgan fingerprint density at radius 3 is 1.83 bits per heavy atom. The van der Waals surface area contributed by atoms with Gasteiger partial charge in [0.25, 0.3) is 0 Å². The van der Waals surface area contributed by atoms with Crippen LogP contribution >= 0.6 is 12.2 Å². The number of hydrogen-bond donors (Lipinski definition) is 1. The molecule has 0 radical (unpaired) electrons. The number of nitrogens with one attached hydrogen (secondary N) is 1. The summed E-state index contributed by atoms with van der Waals surface area (Å²) in [5.41, 5.74) is -0.280. The van der Waals surface area contributed by atoms with Gasteiger partial charge in [0, 0.05) is 22.4 Å². The van der Waals surface area contributed by atoms with Crippen LogP contribution in [0.2, 0.25) is 0 Å². The molecular formula is C26H41NO2S. The lowest BCUT2D eigenvalue weighted by molar-refractivity contribution is -0.142. The van der Waals surface area contributed by atoms with Gasteiger partial charge in [0.1, 0.15) is 4.99 Å². The number of rotatable bonds is 11. The van der Waals surface area contributed by atoms with Crippen LogP contribution in [-0.2, 0) is 9.59 Å². The summed E-state index contributed by atoms with van der Waals surface area (Å²) in [6.45, 7) is 13.6. The maximum Gasteiger partial charge on any atom is 0.150 e. The van der Waals surface area contributed by atoms with Gasteiger partial charge in [0.05, 0.1) is 5.92 Å². The highest BCUT2D eigenvalue weighted by Crippen LogP contribution is 2.31. The zero-order valence-corrected chi connectivity index (χ0v) is 20.8. The van der Waals surface area contributed by atoms with E-state index in [-0.39, 0.29) is 17.6 Å². The van der Waals surface area contributed by atoms with Gasteiger partial charge >= 0.3 is 0 Å². The SMILES string of the molecule is CCCCCCCC(NC(=S)c1ccccc1)C(C(=O)C(C)(C)C)C(=O)C(C)(C)C. The van der Waals surface area contributed by atoms with Gasteiger partial charge in [-0.2, -0.15) is 0 Å². The van der Waals surface area contributed by atoms with Crippen LogP contribution in [0, 0.1) is 16.7 Å². The first-order chi connectivity index (χ1) is 13.9. The molecule has 1 aromatic carbocycles. The third-order valence-electron chi connectivity index (χ3n) is 5.42. The van der Waals surface area contributed by atoms with Crippen molar-refractivity contribution in [1.29, 1.82) is 0 Å². The van der Waals surface area contributed by atoms with E-state index in [1.54, 1.807) is 0 Å². The summed E-state index contributed by atoms with van der Waals surface area (Å²) < 4.78 is 0. The quantitative estimate of drug-likeness (QED) is 0.246. The van der Waals surface area contributed by atoms with Crippen LogP contribution in [0.5, 0.6) is 0 Å². The fourth-order valence-electron chi connectivity index (χ4n) is 3.55. The van der Waals surface area contributed by atoms with Crippen molar-refractivity contribution in [3.63, 3.8) is 0 Å². The summed E-state index contributed by atoms with van der Waals surface area (Å²) >= 11 is 5.66. The van der Waals surface area contributed by atoms with E-state index in [1.807, 2.05) is 71.9 Å². The molecule has 1 aromatic rings. The maximum absolute atomic E-state index is 13.4. The molecule has 0 fully saturated rings. The third kappa shape index (κ3) is 8.29. The van der Waals surface area contributed by atoms with Crippen molar-refractivity contribution in [1.82, 2.24) is 5.32 Å². The Hall–Kier alpha value is -1.55. The molecule has 0 heterocycles. The molecule has 1 unspecified atom stereocenters. The molecule has 1 N–H and O–H groups in total. The number of thiocarbonyl (C=S) groups is 1. The van der Waals surface area contributed by atoms with Crippen LogP contribution in [-0.4, -0.2) is 22.6 Å². The molecule has 0 aliphatic rings. The van der Waals surface area contributed by atoms with Crippen molar-refractivity contribution in [2.45, 2.75) is 93.0 Å². The number of hydrogen-bond acceptors (Lipinski definition) is 3. The summed E-state index contributed by atoms with van der Waals surface area (Å²) in [5.74, 6) is -0.730. The van der Waals surface area contributed by atoms with Gasteiger partial charge < -0.3 is 5.32 Å². The molecule has 168 valence electrons. The molecule has 0 amide bonds. The molecule has 1 atom stereocenters. The summed E-state index contributed by atoms with van der Waals surface area (Å²) in [6, 6.07) is 9.46. The number of carbonyl (C=O) groups is 2. The molecule has 0 spiro atoms. The lowest BCUT2D eigenvalue weighted by Crippen LogP contribution is -2.52. The predicted octanol–water partition coefficient (Wildman–Crippen LogP) is 6.53. The first kappa shape index (κ1) is 26.5. The topological polar surface area (TPSA) is 46.2 Å². The molecule has 0 bridgehead atoms. The highest BCUT2D eigenvalue weighted by atomic mass is 32.1. The third-order valence-corrected chi connectivity index (χ3v) is 5.77. The van der Waals surface area contributed by atoms with E-state index in [2.05, 4.69) is 12.2 Å². The number of carbonyl (C=O) groups excluding carboxylic acids is 2. The summed E-state index contributed by atoms with van der Waals surface area (Å²) in [6.07, 6.45) is 6.41. The first-order valence-electron chi connectivity index (χ1n) is 11.3. The number of ketones is 2. The fraction of sp³-hybridized carbons (Fsp3) is 0.654. The van der Waals surface area contributed by atoms with Gasteiger partial charge in [-0.3, -0.25) is 9.59 Å². The number of unbranched alkanes of at least 4 members (excludes halogenated alkanes) is 4. The molecule has 3 nitrogen and oxygen atoms in total. The highest BCUT2D eigenvalue weighted by molar-refractivity contribution is 7.80. The Balaban J connectivity index is 3.20. The Morgan fingerprint density at radius 1 is 0.867 bits per heavy atom. The van der Waals surface area contributed by atoms with Crippen LogP contribution in [0.1, 0.15) is 92.6 Å². The summed E-state index contributed by atoms with van der Waals surface area (Å²) in [4.78, 5) is 27.5. The van der Waals surface area contributed by atoms with E-state index < -0.39 is 16.7 Å². The average molecular weight is 432 g/mol. The molecule has 0 saturated heterocycles. The summed E-state index contributed by atoms with van der Waals surface area (Å²) in [7, 11) is 0. The van der Waals surface area contributed by atoms with Gasteiger partial charge in [0.15, 0.2) is 11.6 Å². The average Bonchev–Trinajstić information content (AvgIpc) is 2.66. The molecular weight excluding hydrogens is 390 g/mol. The monoisotopic (exact) mass is 431 g/mol. The standard InChI is InChI=1S/C26H41NO2S/c1-8-9-10-11-15-18-20(27-24(30)19-16-13-12-14-17-19)21(22(28)25(2,3)4)23(29)26(5,6)7/h12-14,16-17,20-21H,8-11,15,18H2,1-7H3,(H,27,30). The number of benzene rings is 1. The van der Waals surface area contributed by atoms with E-state index in [0.717, 1.165) is 24.8 Å². The summed E-state index contributed by atoms with van der Waals surface area (Å²) in [5, 5.41) is 3.42. The minimum Gasteiger partial charge on any atom is -0.372 e. The second-order valence-electron chi connectivity index (χ2n) is 10.4. The van der Waals surface area contributed by atoms with Crippen molar-refractivity contribution in [2.75, 3.05) is 0 Å². The van der Waals surface area contributed by atoms with Gasteiger partial charge in [-0.15, -0.1) is 0 Å². The van der Waals surface area contributed by atoms with Crippen molar-refractivity contribution < 1.29 is 9.59 Å². The molecule has 0 aliphatic heterocycles. The largest absolute Gasteiger partial charge is 0.372 e. The minimum atomic E-state index is -0.710. The molecule has 0 aromatic heterocycles. The van der Waals surface area contributed by atoms with Gasteiger partial charge in [-0.1, -0.05) is 123 Å². The van der Waals surface area contributed by atoms with E-state index in [4.69, 9.17) is 12.2 Å². The van der Waals surface area contributed by atoms with Crippen LogP contribution in [0.25, 0.3) is 0 Å².